The molecule has 21 heavy (non-hydrogen) atoms. The van der Waals surface area contributed by atoms with Crippen LogP contribution in [0.15, 0.2) is 30.6 Å². The van der Waals surface area contributed by atoms with Crippen molar-refractivity contribution >= 4 is 0 Å². The topological polar surface area (TPSA) is 55.9 Å². The van der Waals surface area contributed by atoms with E-state index in [2.05, 4.69) is 10.4 Å². The first-order valence-electron chi connectivity index (χ1n) is 6.22. The van der Waals surface area contributed by atoms with Crippen LogP contribution < -0.4 is 11.3 Å². The number of alkyl halides is 3. The van der Waals surface area contributed by atoms with Crippen molar-refractivity contribution in [2.45, 2.75) is 25.7 Å². The zero-order valence-corrected chi connectivity index (χ0v) is 11.2. The van der Waals surface area contributed by atoms with Crippen LogP contribution in [0.1, 0.15) is 29.9 Å². The highest BCUT2D eigenvalue weighted by Crippen LogP contribution is 2.33. The van der Waals surface area contributed by atoms with Crippen LogP contribution in [0.2, 0.25) is 0 Å². The second-order valence-electron chi connectivity index (χ2n) is 4.41. The molecule has 0 aliphatic heterocycles. The molecule has 2 aromatic rings. The van der Waals surface area contributed by atoms with E-state index in [4.69, 9.17) is 5.84 Å². The molecular weight excluding hydrogens is 288 g/mol. The smallest absolute Gasteiger partial charge is 0.334 e. The van der Waals surface area contributed by atoms with Crippen molar-refractivity contribution in [3.05, 3.63) is 53.4 Å². The molecule has 8 heteroatoms. The van der Waals surface area contributed by atoms with Gasteiger partial charge in [0, 0.05) is 18.9 Å². The lowest BCUT2D eigenvalue weighted by Gasteiger charge is -2.19. The molecule has 0 aliphatic carbocycles. The number of nitrogens with two attached hydrogens (primary N) is 1. The number of hydrazine groups is 1. The summed E-state index contributed by atoms with van der Waals surface area (Å²) in [7, 11) is 0. The Labute approximate surface area is 118 Å². The van der Waals surface area contributed by atoms with E-state index >= 15 is 0 Å². The molecule has 1 heterocycles. The van der Waals surface area contributed by atoms with E-state index in [0.29, 0.717) is 12.4 Å². The highest BCUT2D eigenvalue weighted by atomic mass is 19.4. The molecule has 0 saturated heterocycles. The summed E-state index contributed by atoms with van der Waals surface area (Å²) in [4.78, 5) is 4.09. The minimum atomic E-state index is -4.76. The number of nitrogens with zero attached hydrogens (tertiary/aromatic N) is 2. The van der Waals surface area contributed by atoms with Gasteiger partial charge >= 0.3 is 6.18 Å². The van der Waals surface area contributed by atoms with Gasteiger partial charge in [-0.25, -0.2) is 14.8 Å². The fourth-order valence-electron chi connectivity index (χ4n) is 2.11. The van der Waals surface area contributed by atoms with Crippen LogP contribution in [0.5, 0.6) is 0 Å². The number of nitrogens with one attached hydrogen (secondary N) is 1. The normalized spacial score (nSPS) is 13.4. The molecule has 1 aromatic heterocycles. The minimum absolute atomic E-state index is 0.187. The molecule has 3 N–H and O–H groups in total. The van der Waals surface area contributed by atoms with Crippen LogP contribution >= 0.6 is 0 Å². The lowest BCUT2D eigenvalue weighted by Crippen LogP contribution is -2.31. The molecule has 4 nitrogen and oxygen atoms in total. The van der Waals surface area contributed by atoms with Gasteiger partial charge in [-0.1, -0.05) is 6.07 Å². The predicted molar refractivity (Wildman–Crippen MR) is 68.5 cm³/mol. The molecule has 0 aliphatic rings. The number of aryl methyl sites for hydroxylation is 1. The van der Waals surface area contributed by atoms with Gasteiger partial charge in [0.1, 0.15) is 17.7 Å². The molecule has 0 spiro atoms. The van der Waals surface area contributed by atoms with E-state index in [1.165, 1.54) is 12.3 Å². The fraction of sp³-hybridized carbons (Fsp3) is 0.308. The Morgan fingerprint density at radius 2 is 2.10 bits per heavy atom. The van der Waals surface area contributed by atoms with E-state index < -0.39 is 23.6 Å². The minimum Gasteiger partial charge on any atom is -0.334 e. The van der Waals surface area contributed by atoms with Crippen molar-refractivity contribution < 1.29 is 17.6 Å². The van der Waals surface area contributed by atoms with Crippen LogP contribution in [0.25, 0.3) is 0 Å². The zero-order chi connectivity index (χ0) is 15.6. The van der Waals surface area contributed by atoms with E-state index in [1.807, 2.05) is 6.92 Å². The molecule has 2 rings (SSSR count). The van der Waals surface area contributed by atoms with Crippen molar-refractivity contribution in [1.82, 2.24) is 15.0 Å². The molecule has 0 amide bonds. The standard InChI is InChI=1S/C13H14F4N4/c1-2-21-6-5-19-12(21)11(20-18)8-3-4-10(14)9(7-8)13(15,16)17/h3-7,11,20H,2,18H2,1H3. The lowest BCUT2D eigenvalue weighted by molar-refractivity contribution is -0.140. The summed E-state index contributed by atoms with van der Waals surface area (Å²) >= 11 is 0. The number of aromatic nitrogens is 2. The van der Waals surface area contributed by atoms with Gasteiger partial charge in [0.15, 0.2) is 0 Å². The van der Waals surface area contributed by atoms with Crippen molar-refractivity contribution in [2.24, 2.45) is 5.84 Å². The molecular formula is C13H14F4N4. The predicted octanol–water partition coefficient (Wildman–Crippen LogP) is 2.61. The van der Waals surface area contributed by atoms with Gasteiger partial charge in [0.2, 0.25) is 0 Å². The number of hydrogen-bond donors (Lipinski definition) is 2. The second kappa shape index (κ2) is 5.82. The summed E-state index contributed by atoms with van der Waals surface area (Å²) in [5.74, 6) is 4.58. The Morgan fingerprint density at radius 1 is 1.38 bits per heavy atom. The van der Waals surface area contributed by atoms with Gasteiger partial charge in [-0.05, 0) is 24.6 Å². The molecule has 1 atom stereocenters. The van der Waals surface area contributed by atoms with Crippen molar-refractivity contribution in [3.63, 3.8) is 0 Å². The van der Waals surface area contributed by atoms with Crippen LogP contribution in [0.4, 0.5) is 17.6 Å². The van der Waals surface area contributed by atoms with Gasteiger partial charge < -0.3 is 4.57 Å². The average molecular weight is 302 g/mol. The highest BCUT2D eigenvalue weighted by Gasteiger charge is 2.35. The summed E-state index contributed by atoms with van der Waals surface area (Å²) < 4.78 is 53.4. The molecule has 1 unspecified atom stereocenters. The maximum Gasteiger partial charge on any atom is 0.419 e. The Morgan fingerprint density at radius 3 is 2.67 bits per heavy atom. The zero-order valence-electron chi connectivity index (χ0n) is 11.2. The Kier molecular flexibility index (Phi) is 4.29. The number of benzene rings is 1. The molecule has 0 saturated carbocycles. The third kappa shape index (κ3) is 3.06. The summed E-state index contributed by atoms with van der Waals surface area (Å²) in [6, 6.07) is 2.02. The van der Waals surface area contributed by atoms with Crippen LogP contribution in [0, 0.1) is 5.82 Å². The second-order valence-corrected chi connectivity index (χ2v) is 4.41. The maximum absolute atomic E-state index is 13.3. The van der Waals surface area contributed by atoms with E-state index in [0.717, 1.165) is 12.1 Å². The van der Waals surface area contributed by atoms with Crippen LogP contribution in [-0.2, 0) is 12.7 Å². The molecule has 0 fully saturated rings. The third-order valence-corrected chi connectivity index (χ3v) is 3.14. The largest absolute Gasteiger partial charge is 0.419 e. The Bertz CT molecular complexity index is 621. The van der Waals surface area contributed by atoms with Gasteiger partial charge in [-0.15, -0.1) is 0 Å². The molecule has 114 valence electrons. The molecule has 1 aromatic carbocycles. The lowest BCUT2D eigenvalue weighted by atomic mass is 10.0. The summed E-state index contributed by atoms with van der Waals surface area (Å²) in [6.45, 7) is 2.45. The molecule has 0 bridgehead atoms. The van der Waals surface area contributed by atoms with Crippen LogP contribution in [-0.4, -0.2) is 9.55 Å². The highest BCUT2D eigenvalue weighted by molar-refractivity contribution is 5.32. The summed E-state index contributed by atoms with van der Waals surface area (Å²) in [5, 5.41) is 0. The van der Waals surface area contributed by atoms with E-state index in [9.17, 15) is 17.6 Å². The number of imidazole rings is 1. The number of halogens is 4. The van der Waals surface area contributed by atoms with Crippen molar-refractivity contribution in [3.8, 4) is 0 Å². The van der Waals surface area contributed by atoms with Crippen molar-refractivity contribution in [1.29, 1.82) is 0 Å². The van der Waals surface area contributed by atoms with Crippen molar-refractivity contribution in [2.75, 3.05) is 0 Å². The van der Waals surface area contributed by atoms with Gasteiger partial charge in [-0.2, -0.15) is 13.2 Å². The first-order chi connectivity index (χ1) is 9.88. The number of hydrogen-bond acceptors (Lipinski definition) is 3. The summed E-state index contributed by atoms with van der Waals surface area (Å²) in [5.41, 5.74) is 1.28. The van der Waals surface area contributed by atoms with Gasteiger partial charge in [0.25, 0.3) is 0 Å². The first-order valence-corrected chi connectivity index (χ1v) is 6.22. The summed E-state index contributed by atoms with van der Waals surface area (Å²) in [6.07, 6.45) is -1.55. The van der Waals surface area contributed by atoms with E-state index in [-0.39, 0.29) is 5.56 Å². The average Bonchev–Trinajstić information content (AvgIpc) is 2.88. The Balaban J connectivity index is 2.49. The van der Waals surface area contributed by atoms with Gasteiger partial charge in [0.05, 0.1) is 5.56 Å². The first kappa shape index (κ1) is 15.5. The monoisotopic (exact) mass is 302 g/mol. The Hall–Kier alpha value is -1.93. The molecule has 0 radical (unpaired) electrons. The number of rotatable bonds is 4. The third-order valence-electron chi connectivity index (χ3n) is 3.14. The maximum atomic E-state index is 13.3. The van der Waals surface area contributed by atoms with Crippen LogP contribution in [0.3, 0.4) is 0 Å². The van der Waals surface area contributed by atoms with E-state index in [1.54, 1.807) is 10.8 Å². The quantitative estimate of drug-likeness (QED) is 0.518. The SMILES string of the molecule is CCn1ccnc1C(NN)c1ccc(F)c(C(F)(F)F)c1. The van der Waals surface area contributed by atoms with Gasteiger partial charge in [-0.3, -0.25) is 5.84 Å². The fourth-order valence-corrected chi connectivity index (χ4v) is 2.11.